The summed E-state index contributed by atoms with van der Waals surface area (Å²) in [5, 5.41) is 10.8. The normalized spacial score (nSPS) is 13.7. The predicted molar refractivity (Wildman–Crippen MR) is 99.9 cm³/mol. The third kappa shape index (κ3) is 3.55. The Hall–Kier alpha value is -2.44. The first kappa shape index (κ1) is 17.9. The number of imidazole rings is 1. The van der Waals surface area contributed by atoms with E-state index in [1.807, 2.05) is 0 Å². The van der Waals surface area contributed by atoms with Gasteiger partial charge in [0, 0.05) is 27.7 Å². The van der Waals surface area contributed by atoms with Crippen LogP contribution < -0.4 is 0 Å². The minimum atomic E-state index is -1.09. The summed E-state index contributed by atoms with van der Waals surface area (Å²) in [6, 6.07) is 6.28. The molecule has 0 unspecified atom stereocenters. The topological polar surface area (TPSA) is 68.0 Å². The molecule has 4 rings (SSSR count). The van der Waals surface area contributed by atoms with Gasteiger partial charge in [0.15, 0.2) is 5.69 Å². The molecule has 0 saturated heterocycles. The van der Waals surface area contributed by atoms with Crippen molar-refractivity contribution in [2.75, 3.05) is 0 Å². The van der Waals surface area contributed by atoms with Crippen LogP contribution in [0, 0.1) is 5.82 Å². The van der Waals surface area contributed by atoms with E-state index in [0.717, 1.165) is 19.0 Å². The average molecular weight is 406 g/mol. The van der Waals surface area contributed by atoms with Crippen LogP contribution in [0.5, 0.6) is 0 Å². The molecule has 0 atom stereocenters. The van der Waals surface area contributed by atoms with Crippen molar-refractivity contribution in [1.82, 2.24) is 14.5 Å². The summed E-state index contributed by atoms with van der Waals surface area (Å²) in [7, 11) is 0. The molecule has 0 bridgehead atoms. The minimum Gasteiger partial charge on any atom is -0.477 e. The summed E-state index contributed by atoms with van der Waals surface area (Å²) in [5.41, 5.74) is 1.66. The molecule has 27 heavy (non-hydrogen) atoms. The van der Waals surface area contributed by atoms with Crippen molar-refractivity contribution in [2.24, 2.45) is 0 Å². The maximum Gasteiger partial charge on any atom is 0.354 e. The summed E-state index contributed by atoms with van der Waals surface area (Å²) < 4.78 is 15.3. The van der Waals surface area contributed by atoms with Crippen molar-refractivity contribution in [3.05, 3.63) is 69.5 Å². The fraction of sp³-hybridized carbons (Fsp3) is 0.211. The van der Waals surface area contributed by atoms with Gasteiger partial charge in [-0.25, -0.2) is 14.2 Å². The molecule has 3 aromatic rings. The Bertz CT molecular complexity index is 1050. The summed E-state index contributed by atoms with van der Waals surface area (Å²) in [6.45, 7) is 0.145. The maximum atomic E-state index is 13.7. The van der Waals surface area contributed by atoms with Gasteiger partial charge >= 0.3 is 5.97 Å². The number of rotatable bonds is 5. The number of carboxylic acids is 1. The van der Waals surface area contributed by atoms with Gasteiger partial charge in [-0.15, -0.1) is 0 Å². The number of hydrogen-bond donors (Lipinski definition) is 1. The number of aromatic nitrogens is 3. The molecule has 8 heteroatoms. The number of pyridine rings is 1. The summed E-state index contributed by atoms with van der Waals surface area (Å²) in [5.74, 6) is -1.16. The molecule has 1 fully saturated rings. The lowest BCUT2D eigenvalue weighted by atomic mass is 10.2. The lowest BCUT2D eigenvalue weighted by Gasteiger charge is -2.12. The molecule has 138 valence electrons. The van der Waals surface area contributed by atoms with Crippen molar-refractivity contribution in [3.8, 4) is 11.4 Å². The molecule has 1 aromatic carbocycles. The highest BCUT2D eigenvalue weighted by Crippen LogP contribution is 2.42. The van der Waals surface area contributed by atoms with Crippen LogP contribution in [0.2, 0.25) is 10.0 Å². The first-order chi connectivity index (χ1) is 12.9. The number of benzene rings is 1. The van der Waals surface area contributed by atoms with Crippen LogP contribution in [-0.4, -0.2) is 25.6 Å². The molecule has 5 nitrogen and oxygen atoms in total. The fourth-order valence-corrected chi connectivity index (χ4v) is 3.45. The van der Waals surface area contributed by atoms with E-state index in [2.05, 4.69) is 9.97 Å². The van der Waals surface area contributed by atoms with E-state index in [4.69, 9.17) is 23.2 Å². The molecule has 0 spiro atoms. The molecule has 2 heterocycles. The summed E-state index contributed by atoms with van der Waals surface area (Å²) >= 11 is 12.3. The van der Waals surface area contributed by atoms with Gasteiger partial charge < -0.3 is 9.67 Å². The highest BCUT2D eigenvalue weighted by Gasteiger charge is 2.34. The lowest BCUT2D eigenvalue weighted by molar-refractivity contribution is 0.0684. The molecule has 0 aliphatic heterocycles. The number of nitrogens with zero attached hydrogens (tertiary/aromatic N) is 3. The Kier molecular flexibility index (Phi) is 4.61. The second-order valence-corrected chi connectivity index (χ2v) is 7.31. The van der Waals surface area contributed by atoms with Gasteiger partial charge in [0.25, 0.3) is 0 Å². The first-order valence-electron chi connectivity index (χ1n) is 8.32. The van der Waals surface area contributed by atoms with E-state index in [9.17, 15) is 14.3 Å². The van der Waals surface area contributed by atoms with Gasteiger partial charge in [-0.1, -0.05) is 23.2 Å². The largest absolute Gasteiger partial charge is 0.477 e. The predicted octanol–water partition coefficient (Wildman–Crippen LogP) is 5.01. The molecule has 1 aliphatic rings. The first-order valence-corrected chi connectivity index (χ1v) is 9.08. The van der Waals surface area contributed by atoms with Crippen LogP contribution in [0.4, 0.5) is 4.39 Å². The van der Waals surface area contributed by atoms with E-state index in [1.165, 1.54) is 12.3 Å². The monoisotopic (exact) mass is 405 g/mol. The second-order valence-electron chi connectivity index (χ2n) is 6.46. The Morgan fingerprint density at radius 3 is 2.70 bits per heavy atom. The number of aromatic carboxylic acids is 1. The van der Waals surface area contributed by atoms with Crippen LogP contribution >= 0.6 is 23.2 Å². The lowest BCUT2D eigenvalue weighted by Crippen LogP contribution is -2.13. The van der Waals surface area contributed by atoms with Gasteiger partial charge in [0.05, 0.1) is 18.4 Å². The van der Waals surface area contributed by atoms with Gasteiger partial charge in [0.1, 0.15) is 11.6 Å². The number of hydrogen-bond acceptors (Lipinski definition) is 3. The van der Waals surface area contributed by atoms with Crippen LogP contribution in [0.25, 0.3) is 11.4 Å². The summed E-state index contributed by atoms with van der Waals surface area (Å²) in [6.07, 6.45) is 4.32. The van der Waals surface area contributed by atoms with E-state index in [-0.39, 0.29) is 18.2 Å². The molecule has 1 aliphatic carbocycles. The Labute approximate surface area is 164 Å². The van der Waals surface area contributed by atoms with Crippen molar-refractivity contribution < 1.29 is 14.3 Å². The standard InChI is InChI=1S/C19H14Cl2FN3O2/c20-13-3-4-15(21)12(5-13)9-25-17(19(26)27)16(10-1-2-10)24-18(25)11-6-14(22)8-23-7-11/h3-8,10H,1-2,9H2,(H,26,27). The van der Waals surface area contributed by atoms with Gasteiger partial charge in [-0.2, -0.15) is 0 Å². The number of carbonyl (C=O) groups is 1. The van der Waals surface area contributed by atoms with E-state index in [0.29, 0.717) is 32.7 Å². The zero-order valence-corrected chi connectivity index (χ0v) is 15.5. The molecule has 0 amide bonds. The fourth-order valence-electron chi connectivity index (χ4n) is 3.08. The Morgan fingerprint density at radius 2 is 2.04 bits per heavy atom. The van der Waals surface area contributed by atoms with Crippen LogP contribution in [-0.2, 0) is 6.54 Å². The second kappa shape index (κ2) is 6.94. The van der Waals surface area contributed by atoms with Crippen LogP contribution in [0.1, 0.15) is 40.5 Å². The Morgan fingerprint density at radius 1 is 1.26 bits per heavy atom. The third-order valence-corrected chi connectivity index (χ3v) is 5.06. The van der Waals surface area contributed by atoms with Gasteiger partial charge in [-0.05, 0) is 42.7 Å². The SMILES string of the molecule is O=C(O)c1c(C2CC2)nc(-c2cncc(F)c2)n1Cc1cc(Cl)ccc1Cl. The van der Waals surface area contributed by atoms with Gasteiger partial charge in [0.2, 0.25) is 0 Å². The zero-order chi connectivity index (χ0) is 19.1. The van der Waals surface area contributed by atoms with Crippen molar-refractivity contribution >= 4 is 29.2 Å². The van der Waals surface area contributed by atoms with Crippen molar-refractivity contribution in [2.45, 2.75) is 25.3 Å². The van der Waals surface area contributed by atoms with Crippen molar-refractivity contribution in [3.63, 3.8) is 0 Å². The van der Waals surface area contributed by atoms with Crippen LogP contribution in [0.15, 0.2) is 36.7 Å². The average Bonchev–Trinajstić information content (AvgIpc) is 3.39. The minimum absolute atomic E-state index is 0.0906. The third-order valence-electron chi connectivity index (χ3n) is 4.46. The highest BCUT2D eigenvalue weighted by molar-refractivity contribution is 6.33. The van der Waals surface area contributed by atoms with Gasteiger partial charge in [-0.3, -0.25) is 4.98 Å². The summed E-state index contributed by atoms with van der Waals surface area (Å²) in [4.78, 5) is 20.4. The van der Waals surface area contributed by atoms with E-state index >= 15 is 0 Å². The molecular formula is C19H14Cl2FN3O2. The number of carboxylic acid groups (broad SMARTS) is 1. The maximum absolute atomic E-state index is 13.7. The number of halogens is 3. The molecule has 1 saturated carbocycles. The Balaban J connectivity index is 1.91. The quantitative estimate of drug-likeness (QED) is 0.647. The van der Waals surface area contributed by atoms with E-state index in [1.54, 1.807) is 22.8 Å². The molecule has 1 N–H and O–H groups in total. The zero-order valence-electron chi connectivity index (χ0n) is 14.0. The van der Waals surface area contributed by atoms with Crippen molar-refractivity contribution in [1.29, 1.82) is 0 Å². The molecule has 2 aromatic heterocycles. The highest BCUT2D eigenvalue weighted by atomic mass is 35.5. The van der Waals surface area contributed by atoms with E-state index < -0.39 is 11.8 Å². The molecular weight excluding hydrogens is 392 g/mol. The molecule has 0 radical (unpaired) electrons. The van der Waals surface area contributed by atoms with Crippen LogP contribution in [0.3, 0.4) is 0 Å². The smallest absolute Gasteiger partial charge is 0.354 e.